The van der Waals surface area contributed by atoms with Gasteiger partial charge in [-0.25, -0.2) is 0 Å². The maximum Gasteiger partial charge on any atom is 0.316 e. The van der Waals surface area contributed by atoms with Gasteiger partial charge in [-0.3, -0.25) is 9.59 Å². The first-order valence-corrected chi connectivity index (χ1v) is 9.16. The van der Waals surface area contributed by atoms with Crippen LogP contribution < -0.4 is 4.74 Å². The smallest absolute Gasteiger partial charge is 0.316 e. The highest BCUT2D eigenvalue weighted by Crippen LogP contribution is 2.41. The Morgan fingerprint density at radius 2 is 1.85 bits per heavy atom. The van der Waals surface area contributed by atoms with Crippen molar-refractivity contribution in [1.82, 2.24) is 0 Å². The molecule has 0 aliphatic carbocycles. The van der Waals surface area contributed by atoms with E-state index in [1.54, 1.807) is 6.92 Å². The van der Waals surface area contributed by atoms with Crippen LogP contribution in [0.3, 0.4) is 0 Å². The summed E-state index contributed by atoms with van der Waals surface area (Å²) in [5.41, 5.74) is 1.62. The number of esters is 2. The molecule has 0 spiro atoms. The highest BCUT2D eigenvalue weighted by molar-refractivity contribution is 5.85. The third-order valence-corrected chi connectivity index (χ3v) is 4.84. The molecule has 0 N–H and O–H groups in total. The van der Waals surface area contributed by atoms with Gasteiger partial charge in [0.1, 0.15) is 12.4 Å². The largest absolute Gasteiger partial charge is 0.493 e. The van der Waals surface area contributed by atoms with Crippen LogP contribution in [-0.4, -0.2) is 25.2 Å². The zero-order valence-corrected chi connectivity index (χ0v) is 15.7. The minimum absolute atomic E-state index is 0.117. The topological polar surface area (TPSA) is 61.8 Å². The minimum atomic E-state index is -0.812. The molecule has 3 rings (SSSR count). The Bertz CT molecular complexity index is 815. The van der Waals surface area contributed by atoms with Crippen molar-refractivity contribution in [1.29, 1.82) is 0 Å². The van der Waals surface area contributed by atoms with E-state index in [-0.39, 0.29) is 25.0 Å². The fourth-order valence-electron chi connectivity index (χ4n) is 3.28. The number of benzene rings is 2. The summed E-state index contributed by atoms with van der Waals surface area (Å²) in [7, 11) is 0. The summed E-state index contributed by atoms with van der Waals surface area (Å²) < 4.78 is 16.5. The fraction of sp³-hybridized carbons (Fsp3) is 0.364. The molecule has 2 aromatic carbocycles. The molecule has 2 aromatic rings. The third-order valence-electron chi connectivity index (χ3n) is 4.84. The molecule has 0 saturated heterocycles. The van der Waals surface area contributed by atoms with Gasteiger partial charge in [-0.05, 0) is 19.4 Å². The first-order valence-electron chi connectivity index (χ1n) is 9.16. The Morgan fingerprint density at radius 1 is 1.07 bits per heavy atom. The van der Waals surface area contributed by atoms with Gasteiger partial charge < -0.3 is 14.2 Å². The molecular weight excluding hydrogens is 344 g/mol. The summed E-state index contributed by atoms with van der Waals surface area (Å²) >= 11 is 0. The number of rotatable bonds is 6. The maximum atomic E-state index is 12.9. The maximum absolute atomic E-state index is 12.9. The first-order chi connectivity index (χ1) is 13.0. The summed E-state index contributed by atoms with van der Waals surface area (Å²) in [5.74, 6) is -0.00594. The van der Waals surface area contributed by atoms with E-state index in [2.05, 4.69) is 0 Å². The number of fused-ring (bicyclic) bond motifs is 1. The van der Waals surface area contributed by atoms with E-state index in [4.69, 9.17) is 14.2 Å². The number of para-hydroxylation sites is 1. The van der Waals surface area contributed by atoms with Gasteiger partial charge in [0.05, 0.1) is 25.0 Å². The Hall–Kier alpha value is -2.82. The second-order valence-electron chi connectivity index (χ2n) is 6.77. The number of ether oxygens (including phenoxy) is 3. The zero-order chi connectivity index (χ0) is 19.3. The van der Waals surface area contributed by atoms with Gasteiger partial charge in [0.15, 0.2) is 0 Å². The van der Waals surface area contributed by atoms with Crippen molar-refractivity contribution in [2.24, 2.45) is 0 Å². The van der Waals surface area contributed by atoms with Gasteiger partial charge in [-0.1, -0.05) is 48.5 Å². The molecule has 0 bridgehead atoms. The van der Waals surface area contributed by atoms with Crippen LogP contribution in [0.15, 0.2) is 48.5 Å². The molecule has 0 radical (unpaired) electrons. The average molecular weight is 368 g/mol. The van der Waals surface area contributed by atoms with Crippen molar-refractivity contribution >= 4 is 11.9 Å². The van der Waals surface area contributed by atoms with Crippen LogP contribution in [0.2, 0.25) is 0 Å². The van der Waals surface area contributed by atoms with E-state index in [1.807, 2.05) is 55.5 Å². The fourth-order valence-corrected chi connectivity index (χ4v) is 3.28. The molecule has 1 aliphatic heterocycles. The zero-order valence-electron chi connectivity index (χ0n) is 15.7. The van der Waals surface area contributed by atoms with E-state index in [9.17, 15) is 9.59 Å². The summed E-state index contributed by atoms with van der Waals surface area (Å²) in [4.78, 5) is 24.8. The van der Waals surface area contributed by atoms with Crippen molar-refractivity contribution < 1.29 is 23.8 Å². The third kappa shape index (κ3) is 4.13. The van der Waals surface area contributed by atoms with Crippen LogP contribution in [-0.2, 0) is 37.5 Å². The predicted octanol–water partition coefficient (Wildman–Crippen LogP) is 3.58. The van der Waals surface area contributed by atoms with Crippen LogP contribution in [0.5, 0.6) is 5.75 Å². The highest BCUT2D eigenvalue weighted by Gasteiger charge is 2.42. The van der Waals surface area contributed by atoms with Crippen LogP contribution in [0.25, 0.3) is 0 Å². The van der Waals surface area contributed by atoms with Crippen molar-refractivity contribution in [2.45, 2.75) is 38.7 Å². The Kier molecular flexibility index (Phi) is 5.79. The molecule has 5 heteroatoms. The van der Waals surface area contributed by atoms with Gasteiger partial charge in [0, 0.05) is 17.5 Å². The first kappa shape index (κ1) is 19.0. The van der Waals surface area contributed by atoms with Gasteiger partial charge in [0.25, 0.3) is 0 Å². The molecule has 5 nitrogen and oxygen atoms in total. The Labute approximate surface area is 159 Å². The molecule has 0 saturated carbocycles. The summed E-state index contributed by atoms with van der Waals surface area (Å²) in [5, 5.41) is 0. The van der Waals surface area contributed by atoms with Crippen LogP contribution in [0.4, 0.5) is 0 Å². The van der Waals surface area contributed by atoms with Crippen molar-refractivity contribution in [3.8, 4) is 5.75 Å². The van der Waals surface area contributed by atoms with Crippen molar-refractivity contribution in [3.63, 3.8) is 0 Å². The van der Waals surface area contributed by atoms with Gasteiger partial charge >= 0.3 is 11.9 Å². The molecule has 1 unspecified atom stereocenters. The van der Waals surface area contributed by atoms with Crippen molar-refractivity contribution in [3.05, 3.63) is 65.2 Å². The average Bonchev–Trinajstić information content (AvgIpc) is 2.68. The summed E-state index contributed by atoms with van der Waals surface area (Å²) in [6.45, 7) is 4.60. The lowest BCUT2D eigenvalue weighted by Crippen LogP contribution is -2.39. The molecule has 1 heterocycles. The van der Waals surface area contributed by atoms with E-state index in [0.717, 1.165) is 16.7 Å². The summed E-state index contributed by atoms with van der Waals surface area (Å²) in [6.07, 6.45) is 0.642. The second-order valence-corrected chi connectivity index (χ2v) is 6.77. The lowest BCUT2D eigenvalue weighted by Gasteiger charge is -2.34. The molecule has 0 fully saturated rings. The van der Waals surface area contributed by atoms with E-state index < -0.39 is 5.41 Å². The molecule has 27 heavy (non-hydrogen) atoms. The number of carbonyl (C=O) groups is 2. The second kappa shape index (κ2) is 8.25. The minimum Gasteiger partial charge on any atom is -0.493 e. The molecule has 0 aromatic heterocycles. The lowest BCUT2D eigenvalue weighted by molar-refractivity contribution is -0.152. The standard InChI is InChI=1S/C22H24O5/c1-3-25-19(23)14-17-10-7-11-18-20(17)26-13-12-22(18,2)21(24)27-15-16-8-5-4-6-9-16/h4-11H,3,12-15H2,1-2H3. The molecule has 1 aliphatic rings. The monoisotopic (exact) mass is 368 g/mol. The van der Waals surface area contributed by atoms with Gasteiger partial charge in [-0.2, -0.15) is 0 Å². The number of carbonyl (C=O) groups excluding carboxylic acids is 2. The molecule has 0 amide bonds. The molecule has 142 valence electrons. The van der Waals surface area contributed by atoms with Gasteiger partial charge in [0.2, 0.25) is 0 Å². The Morgan fingerprint density at radius 3 is 2.59 bits per heavy atom. The Balaban J connectivity index is 1.81. The van der Waals surface area contributed by atoms with Crippen LogP contribution >= 0.6 is 0 Å². The summed E-state index contributed by atoms with van der Waals surface area (Å²) in [6, 6.07) is 15.1. The van der Waals surface area contributed by atoms with Crippen LogP contribution in [0, 0.1) is 0 Å². The molecular formula is C22H24O5. The SMILES string of the molecule is CCOC(=O)Cc1cccc2c1OCCC2(C)C(=O)OCc1ccccc1. The predicted molar refractivity (Wildman–Crippen MR) is 100 cm³/mol. The quantitative estimate of drug-likeness (QED) is 0.730. The van der Waals surface area contributed by atoms with Crippen LogP contribution in [0.1, 0.15) is 37.0 Å². The normalized spacial score (nSPS) is 18.1. The van der Waals surface area contributed by atoms with E-state index in [0.29, 0.717) is 25.4 Å². The highest BCUT2D eigenvalue weighted by atomic mass is 16.5. The van der Waals surface area contributed by atoms with Gasteiger partial charge in [-0.15, -0.1) is 0 Å². The molecule has 1 atom stereocenters. The van der Waals surface area contributed by atoms with E-state index >= 15 is 0 Å². The number of hydrogen-bond donors (Lipinski definition) is 0. The number of hydrogen-bond acceptors (Lipinski definition) is 5. The van der Waals surface area contributed by atoms with E-state index in [1.165, 1.54) is 0 Å². The lowest BCUT2D eigenvalue weighted by atomic mass is 9.77. The van der Waals surface area contributed by atoms with Crippen molar-refractivity contribution in [2.75, 3.05) is 13.2 Å².